The number of carbonyl (C=O) groups is 1. The van der Waals surface area contributed by atoms with Crippen LogP contribution in [0.25, 0.3) is 27.7 Å². The maximum absolute atomic E-state index is 13.9. The molecule has 1 amide bonds. The molecule has 6 rings (SSSR count). The third-order valence-corrected chi connectivity index (χ3v) is 6.18. The standard InChI is InChI=1S/C28H18F4N6O/c29-20-10-8-18(9-11-20)22-14-24(28(30,31)32)38-26(33-22)15-23(35-38)27(39)34-25-12-13-37(36-25)16-19-6-3-5-17-4-1-2-7-21(17)19/h1-15H,16H2,(H,34,36,39). The molecule has 39 heavy (non-hydrogen) atoms. The summed E-state index contributed by atoms with van der Waals surface area (Å²) in [5.74, 6) is -1.06. The molecule has 3 heterocycles. The minimum absolute atomic E-state index is 0.0335. The molecule has 0 radical (unpaired) electrons. The topological polar surface area (TPSA) is 77.1 Å². The van der Waals surface area contributed by atoms with Gasteiger partial charge in [0.25, 0.3) is 5.91 Å². The van der Waals surface area contributed by atoms with Gasteiger partial charge in [-0.2, -0.15) is 23.4 Å². The highest BCUT2D eigenvalue weighted by Gasteiger charge is 2.35. The van der Waals surface area contributed by atoms with Gasteiger partial charge < -0.3 is 5.32 Å². The van der Waals surface area contributed by atoms with Crippen molar-refractivity contribution in [2.24, 2.45) is 0 Å². The van der Waals surface area contributed by atoms with Crippen molar-refractivity contribution >= 4 is 28.1 Å². The van der Waals surface area contributed by atoms with Crippen molar-refractivity contribution in [1.29, 1.82) is 0 Å². The fourth-order valence-corrected chi connectivity index (χ4v) is 4.36. The van der Waals surface area contributed by atoms with Crippen LogP contribution in [0.5, 0.6) is 0 Å². The first kappa shape index (κ1) is 24.3. The quantitative estimate of drug-likeness (QED) is 0.269. The van der Waals surface area contributed by atoms with E-state index in [1.807, 2.05) is 42.5 Å². The van der Waals surface area contributed by atoms with Crippen LogP contribution in [0.2, 0.25) is 0 Å². The Hall–Kier alpha value is -5.06. The summed E-state index contributed by atoms with van der Waals surface area (Å²) in [6.45, 7) is 0.455. The predicted octanol–water partition coefficient (Wildman–Crippen LogP) is 6.20. The normalized spacial score (nSPS) is 11.8. The summed E-state index contributed by atoms with van der Waals surface area (Å²) in [4.78, 5) is 17.1. The smallest absolute Gasteiger partial charge is 0.304 e. The average molecular weight is 530 g/mol. The molecular formula is C28H18F4N6O. The summed E-state index contributed by atoms with van der Waals surface area (Å²) in [7, 11) is 0. The van der Waals surface area contributed by atoms with Gasteiger partial charge in [0, 0.05) is 23.9 Å². The third-order valence-electron chi connectivity index (χ3n) is 6.18. The Morgan fingerprint density at radius 3 is 2.46 bits per heavy atom. The van der Waals surface area contributed by atoms with Gasteiger partial charge in [0.2, 0.25) is 0 Å². The van der Waals surface area contributed by atoms with Crippen LogP contribution in [0.15, 0.2) is 91.1 Å². The van der Waals surface area contributed by atoms with Crippen LogP contribution in [-0.2, 0) is 12.7 Å². The highest BCUT2D eigenvalue weighted by Crippen LogP contribution is 2.32. The van der Waals surface area contributed by atoms with Crippen molar-refractivity contribution in [3.63, 3.8) is 0 Å². The monoisotopic (exact) mass is 530 g/mol. The Morgan fingerprint density at radius 2 is 1.67 bits per heavy atom. The zero-order chi connectivity index (χ0) is 27.1. The molecule has 3 aromatic heterocycles. The van der Waals surface area contributed by atoms with E-state index in [-0.39, 0.29) is 28.4 Å². The van der Waals surface area contributed by atoms with Gasteiger partial charge in [-0.25, -0.2) is 13.9 Å². The molecule has 0 saturated carbocycles. The van der Waals surface area contributed by atoms with Crippen molar-refractivity contribution in [3.8, 4) is 11.3 Å². The summed E-state index contributed by atoms with van der Waals surface area (Å²) >= 11 is 0. The number of fused-ring (bicyclic) bond motifs is 2. The van der Waals surface area contributed by atoms with Crippen LogP contribution in [0, 0.1) is 5.82 Å². The second kappa shape index (κ2) is 9.35. The summed E-state index contributed by atoms with van der Waals surface area (Å²) in [6, 6.07) is 22.4. The van der Waals surface area contributed by atoms with Gasteiger partial charge in [0.1, 0.15) is 5.82 Å². The number of carbonyl (C=O) groups excluding carboxylic acids is 1. The van der Waals surface area contributed by atoms with E-state index in [0.717, 1.165) is 40.6 Å². The van der Waals surface area contributed by atoms with Crippen molar-refractivity contribution in [1.82, 2.24) is 24.4 Å². The van der Waals surface area contributed by atoms with Gasteiger partial charge in [-0.15, -0.1) is 0 Å². The second-order valence-electron chi connectivity index (χ2n) is 8.82. The molecule has 0 saturated heterocycles. The number of hydrogen-bond donors (Lipinski definition) is 1. The maximum Gasteiger partial charge on any atom is 0.433 e. The zero-order valence-electron chi connectivity index (χ0n) is 20.0. The number of benzene rings is 3. The molecule has 0 unspecified atom stereocenters. The number of halogens is 4. The van der Waals surface area contributed by atoms with E-state index in [4.69, 9.17) is 0 Å². The zero-order valence-corrected chi connectivity index (χ0v) is 20.0. The first-order chi connectivity index (χ1) is 18.7. The number of aromatic nitrogens is 5. The minimum atomic E-state index is -4.78. The molecule has 0 spiro atoms. The number of anilines is 1. The van der Waals surface area contributed by atoms with Crippen LogP contribution in [0.4, 0.5) is 23.4 Å². The van der Waals surface area contributed by atoms with Crippen molar-refractivity contribution < 1.29 is 22.4 Å². The lowest BCUT2D eigenvalue weighted by Gasteiger charge is -2.11. The first-order valence-corrected chi connectivity index (χ1v) is 11.8. The fraction of sp³-hybridized carbons (Fsp3) is 0.0714. The van der Waals surface area contributed by atoms with E-state index in [0.29, 0.717) is 11.1 Å². The van der Waals surface area contributed by atoms with E-state index in [2.05, 4.69) is 20.5 Å². The molecule has 0 aliphatic rings. The van der Waals surface area contributed by atoms with Crippen molar-refractivity contribution in [3.05, 3.63) is 114 Å². The molecule has 0 bridgehead atoms. The highest BCUT2D eigenvalue weighted by molar-refractivity contribution is 6.03. The molecule has 11 heteroatoms. The van der Waals surface area contributed by atoms with Crippen molar-refractivity contribution in [2.45, 2.75) is 12.7 Å². The summed E-state index contributed by atoms with van der Waals surface area (Å²) in [6.07, 6.45) is -3.09. The highest BCUT2D eigenvalue weighted by atomic mass is 19.4. The van der Waals surface area contributed by atoms with Gasteiger partial charge in [-0.05, 0) is 46.7 Å². The van der Waals surface area contributed by atoms with Crippen molar-refractivity contribution in [2.75, 3.05) is 5.32 Å². The van der Waals surface area contributed by atoms with E-state index >= 15 is 0 Å². The summed E-state index contributed by atoms with van der Waals surface area (Å²) < 4.78 is 57.1. The number of nitrogens with one attached hydrogen (secondary N) is 1. The molecule has 1 N–H and O–H groups in total. The largest absolute Gasteiger partial charge is 0.433 e. The lowest BCUT2D eigenvalue weighted by atomic mass is 10.0. The Labute approximate surface area is 218 Å². The molecule has 0 aliphatic heterocycles. The van der Waals surface area contributed by atoms with E-state index in [1.165, 1.54) is 12.1 Å². The van der Waals surface area contributed by atoms with E-state index in [1.54, 1.807) is 16.9 Å². The number of hydrogen-bond acceptors (Lipinski definition) is 4. The Bertz CT molecular complexity index is 1830. The SMILES string of the molecule is O=C(Nc1ccn(Cc2cccc3ccccc23)n1)c1cc2nc(-c3ccc(F)cc3)cc(C(F)(F)F)n2n1. The number of nitrogens with zero attached hydrogens (tertiary/aromatic N) is 5. The maximum atomic E-state index is 13.9. The number of rotatable bonds is 5. The first-order valence-electron chi connectivity index (χ1n) is 11.8. The molecule has 6 aromatic rings. The molecule has 0 aliphatic carbocycles. The summed E-state index contributed by atoms with van der Waals surface area (Å²) in [5, 5.41) is 13.0. The third kappa shape index (κ3) is 4.81. The second-order valence-corrected chi connectivity index (χ2v) is 8.82. The van der Waals surface area contributed by atoms with Crippen LogP contribution < -0.4 is 5.32 Å². The Balaban J connectivity index is 1.27. The predicted molar refractivity (Wildman–Crippen MR) is 137 cm³/mol. The molecule has 0 atom stereocenters. The van der Waals surface area contributed by atoms with E-state index in [9.17, 15) is 22.4 Å². The number of alkyl halides is 3. The Morgan fingerprint density at radius 1 is 0.897 bits per heavy atom. The molecule has 194 valence electrons. The van der Waals surface area contributed by atoms with Gasteiger partial charge in [-0.3, -0.25) is 9.48 Å². The fourth-order valence-electron chi connectivity index (χ4n) is 4.36. The van der Waals surface area contributed by atoms with Gasteiger partial charge in [0.05, 0.1) is 12.2 Å². The molecule has 3 aromatic carbocycles. The molecule has 7 nitrogen and oxygen atoms in total. The molecular weight excluding hydrogens is 512 g/mol. The van der Waals surface area contributed by atoms with Gasteiger partial charge in [0.15, 0.2) is 22.9 Å². The van der Waals surface area contributed by atoms with E-state index < -0.39 is 23.6 Å². The number of amides is 1. The van der Waals surface area contributed by atoms with Gasteiger partial charge in [-0.1, -0.05) is 42.5 Å². The lowest BCUT2D eigenvalue weighted by Crippen LogP contribution is -2.16. The van der Waals surface area contributed by atoms with Crippen LogP contribution in [0.1, 0.15) is 21.7 Å². The van der Waals surface area contributed by atoms with Crippen LogP contribution in [-0.4, -0.2) is 30.3 Å². The summed E-state index contributed by atoms with van der Waals surface area (Å²) in [5.41, 5.74) is -0.284. The van der Waals surface area contributed by atoms with Gasteiger partial charge >= 0.3 is 6.18 Å². The Kier molecular flexibility index (Phi) is 5.82. The molecule has 0 fully saturated rings. The van der Waals surface area contributed by atoms with Crippen LogP contribution in [0.3, 0.4) is 0 Å². The average Bonchev–Trinajstić information content (AvgIpc) is 3.55. The minimum Gasteiger partial charge on any atom is -0.304 e. The van der Waals surface area contributed by atoms with Crippen LogP contribution >= 0.6 is 0 Å². The lowest BCUT2D eigenvalue weighted by molar-refractivity contribution is -0.142.